The van der Waals surface area contributed by atoms with Crippen molar-refractivity contribution in [1.29, 1.82) is 0 Å². The number of carbonyl (C=O) groups is 1. The molecule has 0 aliphatic carbocycles. The van der Waals surface area contributed by atoms with Gasteiger partial charge in [0.25, 0.3) is 5.56 Å². The summed E-state index contributed by atoms with van der Waals surface area (Å²) in [7, 11) is -1.15. The summed E-state index contributed by atoms with van der Waals surface area (Å²) in [5.41, 5.74) is -4.08. The summed E-state index contributed by atoms with van der Waals surface area (Å²) in [5, 5.41) is 13.4. The van der Waals surface area contributed by atoms with Gasteiger partial charge < -0.3 is 25.0 Å². The van der Waals surface area contributed by atoms with E-state index in [-0.39, 0.29) is 12.5 Å². The molecule has 51 heavy (non-hydrogen) atoms. The summed E-state index contributed by atoms with van der Waals surface area (Å²) < 4.78 is 40.8. The average molecular weight is 738 g/mol. The maximum absolute atomic E-state index is 15.4. The predicted octanol–water partition coefficient (Wildman–Crippen LogP) is 4.54. The quantitative estimate of drug-likeness (QED) is 0.0673. The molecule has 0 aromatic carbocycles. The minimum atomic E-state index is -4.36. The molecule has 15 heteroatoms. The molecule has 0 radical (unpaired) electrons. The number of halogens is 1. The number of aromatic nitrogens is 2. The van der Waals surface area contributed by atoms with Crippen molar-refractivity contribution in [2.75, 3.05) is 46.9 Å². The smallest absolute Gasteiger partial charge is 0.387 e. The monoisotopic (exact) mass is 737 g/mol. The van der Waals surface area contributed by atoms with Crippen molar-refractivity contribution >= 4 is 13.7 Å². The molecule has 1 amide bonds. The zero-order valence-electron chi connectivity index (χ0n) is 30.4. The highest BCUT2D eigenvalue weighted by Crippen LogP contribution is 2.47. The number of aromatic amines is 1. The third kappa shape index (κ3) is 16.3. The van der Waals surface area contributed by atoms with Crippen molar-refractivity contribution < 1.29 is 33.0 Å². The number of allylic oxidation sites excluding steroid dienone is 10. The summed E-state index contributed by atoms with van der Waals surface area (Å²) in [4.78, 5) is 50.0. The van der Waals surface area contributed by atoms with Crippen LogP contribution in [0.1, 0.15) is 71.4 Å². The van der Waals surface area contributed by atoms with E-state index in [9.17, 15) is 28.9 Å². The Balaban J connectivity index is 1.57. The molecular weight excluding hydrogens is 680 g/mol. The van der Waals surface area contributed by atoms with Crippen molar-refractivity contribution in [3.8, 4) is 0 Å². The van der Waals surface area contributed by atoms with Crippen LogP contribution in [-0.2, 0) is 18.6 Å². The van der Waals surface area contributed by atoms with Crippen molar-refractivity contribution in [3.05, 3.63) is 93.9 Å². The van der Waals surface area contributed by atoms with E-state index in [1.165, 1.54) is 7.05 Å². The van der Waals surface area contributed by atoms with Crippen LogP contribution >= 0.6 is 7.75 Å². The molecule has 286 valence electrons. The van der Waals surface area contributed by atoms with Gasteiger partial charge in [-0.3, -0.25) is 23.7 Å². The average Bonchev–Trinajstić information content (AvgIpc) is 3.31. The predicted molar refractivity (Wildman–Crippen MR) is 198 cm³/mol. The summed E-state index contributed by atoms with van der Waals surface area (Å²) in [6.45, 7) is 3.99. The lowest BCUT2D eigenvalue weighted by Crippen LogP contribution is -2.43. The highest BCUT2D eigenvalue weighted by atomic mass is 31.2. The molecule has 1 saturated heterocycles. The lowest BCUT2D eigenvalue weighted by atomic mass is 9.98. The first-order valence-corrected chi connectivity index (χ1v) is 19.1. The maximum atomic E-state index is 15.4. The number of likely N-dealkylation sites (N-methyl/N-ethyl adjacent to an activating group) is 2. The first kappa shape index (κ1) is 43.9. The van der Waals surface area contributed by atoms with E-state index in [0.29, 0.717) is 26.1 Å². The third-order valence-electron chi connectivity index (χ3n) is 8.21. The first-order valence-electron chi connectivity index (χ1n) is 17.5. The molecule has 2 heterocycles. The van der Waals surface area contributed by atoms with E-state index in [1.54, 1.807) is 0 Å². The number of nitrogens with zero attached hydrogens (tertiary/aromatic N) is 3. The van der Waals surface area contributed by atoms with E-state index in [2.05, 4.69) is 73.0 Å². The molecule has 1 fully saturated rings. The number of alkyl halides is 1. The lowest BCUT2D eigenvalue weighted by molar-refractivity contribution is -0.121. The van der Waals surface area contributed by atoms with Crippen LogP contribution in [0.5, 0.6) is 0 Å². The second kappa shape index (κ2) is 23.4. The zero-order chi connectivity index (χ0) is 37.7. The van der Waals surface area contributed by atoms with Crippen LogP contribution in [0.2, 0.25) is 0 Å². The number of unbranched alkanes of at least 4 members (excludes halogenated alkanes) is 1. The van der Waals surface area contributed by atoms with Gasteiger partial charge in [-0.25, -0.2) is 18.4 Å². The number of nitrogens with one attached hydrogen (secondary N) is 2. The summed E-state index contributed by atoms with van der Waals surface area (Å²) in [5.74, 6) is -0.0329. The van der Waals surface area contributed by atoms with Gasteiger partial charge in [0.2, 0.25) is 5.91 Å². The van der Waals surface area contributed by atoms with Crippen LogP contribution in [0.3, 0.4) is 0 Å². The Morgan fingerprint density at radius 2 is 1.63 bits per heavy atom. The zero-order valence-corrected chi connectivity index (χ0v) is 31.3. The van der Waals surface area contributed by atoms with E-state index in [1.807, 2.05) is 16.9 Å². The van der Waals surface area contributed by atoms with E-state index in [4.69, 9.17) is 9.26 Å². The molecular formula is C36H57FN5O8P. The van der Waals surface area contributed by atoms with Gasteiger partial charge in [-0.15, -0.1) is 0 Å². The maximum Gasteiger partial charge on any atom is 0.405 e. The van der Waals surface area contributed by atoms with Gasteiger partial charge in [0.1, 0.15) is 12.2 Å². The van der Waals surface area contributed by atoms with Crippen LogP contribution < -0.4 is 16.6 Å². The molecule has 0 spiro atoms. The summed E-state index contributed by atoms with van der Waals surface area (Å²) in [6, 6.07) is 1.01. The van der Waals surface area contributed by atoms with E-state index >= 15 is 4.39 Å². The molecule has 1 aromatic heterocycles. The number of carbonyl (C=O) groups excluding carboxylic acids is 1. The van der Waals surface area contributed by atoms with Gasteiger partial charge in [0, 0.05) is 44.9 Å². The Hall–Kier alpha value is -3.23. The Kier molecular flexibility index (Phi) is 20.1. The van der Waals surface area contributed by atoms with Crippen molar-refractivity contribution in [1.82, 2.24) is 24.4 Å². The van der Waals surface area contributed by atoms with Crippen LogP contribution in [0.4, 0.5) is 4.39 Å². The van der Waals surface area contributed by atoms with Gasteiger partial charge in [-0.1, -0.05) is 67.7 Å². The number of aliphatic hydroxyl groups is 1. The number of aliphatic hydroxyl groups excluding tert-OH is 1. The van der Waals surface area contributed by atoms with Gasteiger partial charge in [0.05, 0.1) is 6.61 Å². The number of H-pyrrole nitrogens is 1. The SMILES string of the molecule is CC/C=C\C/C=C\C/C=C\C/C=C\C/C=C\CCCC(=O)NCCN(C)CCN(C)P(=O)(O)OC[C@H]1O[C@@H](n2ccc(=O)[nH]c2=O)[C@](C)(F)[C@@H]1O. The fourth-order valence-electron chi connectivity index (χ4n) is 5.01. The Labute approximate surface area is 300 Å². The number of hydrogen-bond donors (Lipinski definition) is 4. The van der Waals surface area contributed by atoms with Gasteiger partial charge in [-0.2, -0.15) is 0 Å². The topological polar surface area (TPSA) is 166 Å². The number of hydrogen-bond acceptors (Lipinski definition) is 8. The highest BCUT2D eigenvalue weighted by Gasteiger charge is 2.55. The Morgan fingerprint density at radius 3 is 2.22 bits per heavy atom. The number of ether oxygens (including phenoxy) is 1. The van der Waals surface area contributed by atoms with Crippen LogP contribution in [0.15, 0.2) is 82.6 Å². The largest absolute Gasteiger partial charge is 0.405 e. The molecule has 0 bridgehead atoms. The second-order valence-electron chi connectivity index (χ2n) is 12.6. The minimum absolute atomic E-state index is 0.0329. The fourth-order valence-corrected chi connectivity index (χ4v) is 5.89. The molecule has 1 aliphatic rings. The number of rotatable bonds is 24. The highest BCUT2D eigenvalue weighted by molar-refractivity contribution is 7.50. The lowest BCUT2D eigenvalue weighted by Gasteiger charge is -2.26. The fraction of sp³-hybridized carbons (Fsp3) is 0.583. The third-order valence-corrected chi connectivity index (χ3v) is 9.76. The first-order chi connectivity index (χ1) is 24.3. The molecule has 1 aromatic rings. The Morgan fingerprint density at radius 1 is 1.04 bits per heavy atom. The molecule has 1 unspecified atom stereocenters. The molecule has 0 saturated carbocycles. The molecule has 2 rings (SSSR count). The van der Waals surface area contributed by atoms with Gasteiger partial charge >= 0.3 is 13.4 Å². The van der Waals surface area contributed by atoms with Crippen LogP contribution in [0.25, 0.3) is 0 Å². The van der Waals surface area contributed by atoms with Crippen LogP contribution in [-0.4, -0.2) is 99.8 Å². The molecule has 4 N–H and O–H groups in total. The van der Waals surface area contributed by atoms with E-state index < -0.39 is 49.7 Å². The normalized spacial score (nSPS) is 22.6. The second-order valence-corrected chi connectivity index (χ2v) is 14.5. The minimum Gasteiger partial charge on any atom is -0.387 e. The Bertz CT molecular complexity index is 1500. The molecule has 5 atom stereocenters. The van der Waals surface area contributed by atoms with Crippen molar-refractivity contribution in [3.63, 3.8) is 0 Å². The number of amides is 1. The van der Waals surface area contributed by atoms with Crippen molar-refractivity contribution in [2.45, 2.75) is 89.3 Å². The van der Waals surface area contributed by atoms with Gasteiger partial charge in [-0.05, 0) is 66.0 Å². The van der Waals surface area contributed by atoms with Crippen molar-refractivity contribution in [2.24, 2.45) is 0 Å². The van der Waals surface area contributed by atoms with Gasteiger partial charge in [0.15, 0.2) is 11.9 Å². The molecule has 1 aliphatic heterocycles. The standard InChI is InChI=1S/C36H57FN5O8P/c1-5-6-7-8-9-10-11-12-13-14-15-16-17-18-19-20-21-22-31(43)38-24-26-40(3)27-28-41(4)51(47,48)49-29-30-33(45)36(2,37)34(50-30)42-25-23-32(44)39-35(42)46/h6-7,9-10,12-13,15-16,18-19,23,25,30,33-34,45H,5,8,11,14,17,20-22,24,26-29H2,1-4H3,(H,38,43)(H,47,48)(H,39,44,46)/b7-6-,10-9-,13-12-,16-15-,19-18-/t30-,33-,34-,36-/m1/s1. The summed E-state index contributed by atoms with van der Waals surface area (Å²) in [6.07, 6.45) is 24.6. The molecule has 13 nitrogen and oxygen atoms in total. The van der Waals surface area contributed by atoms with E-state index in [0.717, 1.165) is 73.4 Å². The van der Waals surface area contributed by atoms with Crippen LogP contribution in [0, 0.1) is 0 Å². The summed E-state index contributed by atoms with van der Waals surface area (Å²) >= 11 is 0.